The summed E-state index contributed by atoms with van der Waals surface area (Å²) >= 11 is 0. The van der Waals surface area contributed by atoms with Gasteiger partial charge in [0, 0.05) is 18.3 Å². The van der Waals surface area contributed by atoms with Crippen LogP contribution in [0.4, 0.5) is 10.5 Å². The molecule has 0 saturated carbocycles. The number of ether oxygens (including phenoxy) is 1. The van der Waals surface area contributed by atoms with Crippen molar-refractivity contribution in [3.63, 3.8) is 0 Å². The Morgan fingerprint density at radius 2 is 2.04 bits per heavy atom. The molecule has 1 aromatic rings. The molecule has 1 fully saturated rings. The van der Waals surface area contributed by atoms with Gasteiger partial charge in [-0.15, -0.1) is 0 Å². The molecule has 1 unspecified atom stereocenters. The second-order valence-electron chi connectivity index (χ2n) is 5.77. The minimum atomic E-state index is -1.24. The zero-order chi connectivity index (χ0) is 18.4. The number of nitrogens with zero attached hydrogens (tertiary/aromatic N) is 1. The first-order chi connectivity index (χ1) is 11.8. The molecule has 8 heteroatoms. The number of amides is 2. The molecule has 2 rings (SSSR count). The Balaban J connectivity index is 1.96. The third-order valence-electron chi connectivity index (χ3n) is 3.89. The molecule has 1 heterocycles. The van der Waals surface area contributed by atoms with E-state index in [9.17, 15) is 14.4 Å². The first-order valence-corrected chi connectivity index (χ1v) is 7.87. The van der Waals surface area contributed by atoms with Gasteiger partial charge in [-0.3, -0.25) is 4.79 Å². The lowest BCUT2D eigenvalue weighted by Gasteiger charge is -2.22. The van der Waals surface area contributed by atoms with E-state index in [0.717, 1.165) is 10.5 Å². The van der Waals surface area contributed by atoms with Gasteiger partial charge in [-0.25, -0.2) is 9.59 Å². The minimum Gasteiger partial charge on any atom is -0.465 e. The van der Waals surface area contributed by atoms with Gasteiger partial charge in [0.1, 0.15) is 5.54 Å². The average molecular weight is 347 g/mol. The molecule has 8 nitrogen and oxygen atoms in total. The van der Waals surface area contributed by atoms with Crippen LogP contribution in [0.2, 0.25) is 0 Å². The van der Waals surface area contributed by atoms with E-state index in [0.29, 0.717) is 12.3 Å². The highest BCUT2D eigenvalue weighted by Gasteiger charge is 2.42. The summed E-state index contributed by atoms with van der Waals surface area (Å²) in [5, 5.41) is 11.7. The van der Waals surface area contributed by atoms with Crippen LogP contribution in [-0.4, -0.2) is 53.2 Å². The van der Waals surface area contributed by atoms with Crippen LogP contribution in [0.15, 0.2) is 30.3 Å². The fraction of sp³-hybridized carbons (Fsp3) is 0.353. The smallest absolute Gasteiger partial charge is 0.407 e. The van der Waals surface area contributed by atoms with Crippen molar-refractivity contribution in [1.29, 1.82) is 0 Å². The van der Waals surface area contributed by atoms with Crippen LogP contribution in [0.1, 0.15) is 18.9 Å². The highest BCUT2D eigenvalue weighted by atomic mass is 16.5. The highest BCUT2D eigenvalue weighted by molar-refractivity contribution is 5.99. The number of carboxylic acid groups (broad SMARTS) is 1. The predicted octanol–water partition coefficient (Wildman–Crippen LogP) is 1.28. The summed E-state index contributed by atoms with van der Waals surface area (Å²) in [6.07, 6.45) is 2.12. The fourth-order valence-corrected chi connectivity index (χ4v) is 2.47. The van der Waals surface area contributed by atoms with Gasteiger partial charge in [0.2, 0.25) is 5.91 Å². The van der Waals surface area contributed by atoms with E-state index in [1.165, 1.54) is 6.08 Å². The summed E-state index contributed by atoms with van der Waals surface area (Å²) in [5.74, 6) is -0.847. The molecule has 1 aromatic carbocycles. The summed E-state index contributed by atoms with van der Waals surface area (Å²) in [6.45, 7) is 2.24. The van der Waals surface area contributed by atoms with Crippen molar-refractivity contribution in [2.75, 3.05) is 25.0 Å². The van der Waals surface area contributed by atoms with Gasteiger partial charge in [-0.1, -0.05) is 12.1 Å². The van der Waals surface area contributed by atoms with Gasteiger partial charge in [0.15, 0.2) is 0 Å². The number of hydrogen-bond acceptors (Lipinski definition) is 5. The number of nitrogens with one attached hydrogen (secondary N) is 1. The molecule has 1 atom stereocenters. The van der Waals surface area contributed by atoms with Crippen molar-refractivity contribution >= 4 is 29.7 Å². The Morgan fingerprint density at radius 3 is 2.60 bits per heavy atom. The molecule has 1 aliphatic rings. The maximum absolute atomic E-state index is 12.3. The van der Waals surface area contributed by atoms with Crippen LogP contribution < -0.4 is 11.1 Å². The molecule has 134 valence electrons. The molecular formula is C17H21N3O5. The van der Waals surface area contributed by atoms with Gasteiger partial charge in [0.05, 0.1) is 13.2 Å². The average Bonchev–Trinajstić information content (AvgIpc) is 2.99. The van der Waals surface area contributed by atoms with Crippen molar-refractivity contribution in [3.05, 3.63) is 35.9 Å². The second kappa shape index (κ2) is 7.80. The summed E-state index contributed by atoms with van der Waals surface area (Å²) < 4.78 is 4.79. The summed E-state index contributed by atoms with van der Waals surface area (Å²) in [4.78, 5) is 35.7. The Bertz CT molecular complexity index is 686. The van der Waals surface area contributed by atoms with Crippen molar-refractivity contribution in [2.45, 2.75) is 18.9 Å². The standard InChI is InChI=1S/C17H21N3O5/c1-2-25-14(21)8-5-12-3-6-13(7-4-12)19-15(22)17(18)9-10-20(11-17)16(23)24/h3-8H,2,9-11,18H2,1H3,(H,19,22)(H,23,24). The van der Waals surface area contributed by atoms with E-state index >= 15 is 0 Å². The molecule has 1 saturated heterocycles. The third-order valence-corrected chi connectivity index (χ3v) is 3.89. The maximum Gasteiger partial charge on any atom is 0.407 e. The molecule has 0 radical (unpaired) electrons. The first-order valence-electron chi connectivity index (χ1n) is 7.87. The molecule has 0 aromatic heterocycles. The number of carbonyl (C=O) groups excluding carboxylic acids is 2. The van der Waals surface area contributed by atoms with E-state index in [-0.39, 0.29) is 19.5 Å². The van der Waals surface area contributed by atoms with E-state index in [1.54, 1.807) is 37.3 Å². The Labute approximate surface area is 145 Å². The lowest BCUT2D eigenvalue weighted by Crippen LogP contribution is -2.53. The van der Waals surface area contributed by atoms with Crippen molar-refractivity contribution in [1.82, 2.24) is 4.90 Å². The van der Waals surface area contributed by atoms with Gasteiger partial charge in [-0.2, -0.15) is 0 Å². The van der Waals surface area contributed by atoms with Crippen LogP contribution in [0, 0.1) is 0 Å². The Kier molecular flexibility index (Phi) is 5.76. The number of esters is 1. The van der Waals surface area contributed by atoms with Crippen LogP contribution >= 0.6 is 0 Å². The highest BCUT2D eigenvalue weighted by Crippen LogP contribution is 2.21. The maximum atomic E-state index is 12.3. The molecule has 4 N–H and O–H groups in total. The normalized spacial score (nSPS) is 19.8. The van der Waals surface area contributed by atoms with Crippen LogP contribution in [0.5, 0.6) is 0 Å². The van der Waals surface area contributed by atoms with Crippen LogP contribution in [-0.2, 0) is 14.3 Å². The topological polar surface area (TPSA) is 122 Å². The number of likely N-dealkylation sites (tertiary alicyclic amines) is 1. The molecule has 0 bridgehead atoms. The summed E-state index contributed by atoms with van der Waals surface area (Å²) in [7, 11) is 0. The van der Waals surface area contributed by atoms with Crippen molar-refractivity contribution < 1.29 is 24.2 Å². The van der Waals surface area contributed by atoms with Crippen molar-refractivity contribution in [2.24, 2.45) is 5.73 Å². The second-order valence-corrected chi connectivity index (χ2v) is 5.77. The van der Waals surface area contributed by atoms with Gasteiger partial charge in [0.25, 0.3) is 0 Å². The summed E-state index contributed by atoms with van der Waals surface area (Å²) in [5.41, 5.74) is 6.11. The summed E-state index contributed by atoms with van der Waals surface area (Å²) in [6, 6.07) is 6.81. The van der Waals surface area contributed by atoms with Crippen LogP contribution in [0.3, 0.4) is 0 Å². The number of benzene rings is 1. The molecule has 0 spiro atoms. The van der Waals surface area contributed by atoms with Gasteiger partial charge < -0.3 is 25.8 Å². The molecule has 25 heavy (non-hydrogen) atoms. The molecule has 0 aliphatic carbocycles. The number of nitrogens with two attached hydrogens (primary N) is 1. The SMILES string of the molecule is CCOC(=O)C=Cc1ccc(NC(=O)C2(N)CCN(C(=O)O)C2)cc1. The third kappa shape index (κ3) is 4.80. The lowest BCUT2D eigenvalue weighted by molar-refractivity contribution is -0.137. The number of rotatable bonds is 5. The van der Waals surface area contributed by atoms with E-state index < -0.39 is 23.5 Å². The molecule has 2 amide bonds. The minimum absolute atomic E-state index is 0.0332. The number of anilines is 1. The number of carbonyl (C=O) groups is 3. The largest absolute Gasteiger partial charge is 0.465 e. The lowest BCUT2D eigenvalue weighted by atomic mass is 9.99. The Morgan fingerprint density at radius 1 is 1.36 bits per heavy atom. The monoisotopic (exact) mass is 347 g/mol. The van der Waals surface area contributed by atoms with Gasteiger partial charge >= 0.3 is 12.1 Å². The van der Waals surface area contributed by atoms with E-state index in [1.807, 2.05) is 0 Å². The van der Waals surface area contributed by atoms with Crippen LogP contribution in [0.25, 0.3) is 6.08 Å². The zero-order valence-electron chi connectivity index (χ0n) is 13.9. The Hall–Kier alpha value is -2.87. The van der Waals surface area contributed by atoms with E-state index in [4.69, 9.17) is 15.6 Å². The van der Waals surface area contributed by atoms with E-state index in [2.05, 4.69) is 5.32 Å². The first kappa shape index (κ1) is 18.5. The quantitative estimate of drug-likeness (QED) is 0.545. The zero-order valence-corrected chi connectivity index (χ0v) is 13.9. The fourth-order valence-electron chi connectivity index (χ4n) is 2.47. The molecule has 1 aliphatic heterocycles. The molecular weight excluding hydrogens is 326 g/mol. The predicted molar refractivity (Wildman–Crippen MR) is 91.9 cm³/mol. The number of hydrogen-bond donors (Lipinski definition) is 3. The van der Waals surface area contributed by atoms with Crippen molar-refractivity contribution in [3.8, 4) is 0 Å². The van der Waals surface area contributed by atoms with Gasteiger partial charge in [-0.05, 0) is 37.1 Å².